The molecule has 1 atom stereocenters. The van der Waals surface area contributed by atoms with Gasteiger partial charge < -0.3 is 14.8 Å². The lowest BCUT2D eigenvalue weighted by molar-refractivity contribution is -0.128. The summed E-state index contributed by atoms with van der Waals surface area (Å²) < 4.78 is 11.4. The van der Waals surface area contributed by atoms with Gasteiger partial charge in [-0.25, -0.2) is 0 Å². The Bertz CT molecular complexity index is 695. The number of carbonyl (C=O) groups excluding carboxylic acids is 1. The van der Waals surface area contributed by atoms with E-state index < -0.39 is 6.10 Å². The van der Waals surface area contributed by atoms with Gasteiger partial charge >= 0.3 is 0 Å². The third-order valence-electron chi connectivity index (χ3n) is 3.98. The minimum Gasteiger partial charge on any atom is -0.494 e. The molecule has 0 saturated carbocycles. The highest BCUT2D eigenvalue weighted by Gasteiger charge is 2.19. The summed E-state index contributed by atoms with van der Waals surface area (Å²) >= 11 is 0. The maximum atomic E-state index is 12.5. The maximum Gasteiger partial charge on any atom is 0.261 e. The highest BCUT2D eigenvalue weighted by atomic mass is 16.5. The molecule has 0 spiro atoms. The predicted octanol–water partition coefficient (Wildman–Crippen LogP) is 4.18. The zero-order chi connectivity index (χ0) is 18.2. The van der Waals surface area contributed by atoms with Crippen LogP contribution in [0.5, 0.6) is 11.5 Å². The normalized spacial score (nSPS) is 11.7. The number of carbonyl (C=O) groups is 1. The van der Waals surface area contributed by atoms with Crippen molar-refractivity contribution < 1.29 is 14.3 Å². The fourth-order valence-electron chi connectivity index (χ4n) is 2.48. The molecule has 2 aromatic rings. The van der Waals surface area contributed by atoms with Gasteiger partial charge in [0.1, 0.15) is 11.5 Å². The average Bonchev–Trinajstić information content (AvgIpc) is 2.61. The predicted molar refractivity (Wildman–Crippen MR) is 100 cm³/mol. The van der Waals surface area contributed by atoms with Gasteiger partial charge in [-0.2, -0.15) is 0 Å². The summed E-state index contributed by atoms with van der Waals surface area (Å²) in [4.78, 5) is 12.5. The second kappa shape index (κ2) is 9.11. The van der Waals surface area contributed by atoms with Crippen LogP contribution in [0.25, 0.3) is 0 Å². The van der Waals surface area contributed by atoms with Gasteiger partial charge in [0.2, 0.25) is 0 Å². The van der Waals surface area contributed by atoms with Gasteiger partial charge in [-0.1, -0.05) is 31.2 Å². The molecule has 2 rings (SSSR count). The molecule has 0 aliphatic heterocycles. The standard InChI is InChI=1S/C21H27NO3/c1-5-19(25-20-13-15(3)7-8-16(20)4)21(23)22-14-17-9-11-18(12-10-17)24-6-2/h7-13,19H,5-6,14H2,1-4H3,(H,22,23)/t19-/m1/s1. The van der Waals surface area contributed by atoms with E-state index in [0.29, 0.717) is 19.6 Å². The Labute approximate surface area is 150 Å². The largest absolute Gasteiger partial charge is 0.494 e. The fraction of sp³-hybridized carbons (Fsp3) is 0.381. The van der Waals surface area contributed by atoms with E-state index in [-0.39, 0.29) is 5.91 Å². The lowest BCUT2D eigenvalue weighted by Gasteiger charge is -2.19. The van der Waals surface area contributed by atoms with Crippen LogP contribution in [0.1, 0.15) is 37.0 Å². The lowest BCUT2D eigenvalue weighted by Crippen LogP contribution is -2.37. The number of aryl methyl sites for hydroxylation is 2. The van der Waals surface area contributed by atoms with Crippen molar-refractivity contribution >= 4 is 5.91 Å². The summed E-state index contributed by atoms with van der Waals surface area (Å²) in [5.41, 5.74) is 3.17. The van der Waals surface area contributed by atoms with E-state index in [9.17, 15) is 4.79 Å². The van der Waals surface area contributed by atoms with Crippen molar-refractivity contribution in [1.82, 2.24) is 5.32 Å². The van der Waals surface area contributed by atoms with E-state index in [1.807, 2.05) is 70.2 Å². The summed E-state index contributed by atoms with van der Waals surface area (Å²) in [6.07, 6.45) is 0.117. The molecule has 0 heterocycles. The number of hydrogen-bond acceptors (Lipinski definition) is 3. The third-order valence-corrected chi connectivity index (χ3v) is 3.98. The molecule has 0 aliphatic carbocycles. The Morgan fingerprint density at radius 3 is 2.44 bits per heavy atom. The molecule has 0 radical (unpaired) electrons. The van der Waals surface area contributed by atoms with Crippen LogP contribution < -0.4 is 14.8 Å². The second-order valence-corrected chi connectivity index (χ2v) is 6.08. The van der Waals surface area contributed by atoms with Crippen LogP contribution in [0.4, 0.5) is 0 Å². The van der Waals surface area contributed by atoms with E-state index >= 15 is 0 Å². The number of ether oxygens (including phenoxy) is 2. The lowest BCUT2D eigenvalue weighted by atomic mass is 10.1. The topological polar surface area (TPSA) is 47.6 Å². The van der Waals surface area contributed by atoms with Gasteiger partial charge in [0.15, 0.2) is 6.10 Å². The Kier molecular flexibility index (Phi) is 6.87. The average molecular weight is 341 g/mol. The first-order valence-electron chi connectivity index (χ1n) is 8.76. The SMILES string of the molecule is CCOc1ccc(CNC(=O)[C@@H](CC)Oc2cc(C)ccc2C)cc1. The van der Waals surface area contributed by atoms with E-state index in [1.165, 1.54) is 0 Å². The van der Waals surface area contributed by atoms with Crippen LogP contribution >= 0.6 is 0 Å². The summed E-state index contributed by atoms with van der Waals surface area (Å²) in [6, 6.07) is 13.8. The van der Waals surface area contributed by atoms with Crippen molar-refractivity contribution in [2.45, 2.75) is 46.8 Å². The molecule has 1 amide bonds. The van der Waals surface area contributed by atoms with E-state index in [4.69, 9.17) is 9.47 Å². The first-order valence-corrected chi connectivity index (χ1v) is 8.76. The molecular formula is C21H27NO3. The Balaban J connectivity index is 1.94. The minimum atomic E-state index is -0.497. The van der Waals surface area contributed by atoms with Crippen LogP contribution in [0.3, 0.4) is 0 Å². The maximum absolute atomic E-state index is 12.5. The molecule has 0 bridgehead atoms. The van der Waals surface area contributed by atoms with Crippen LogP contribution in [0.15, 0.2) is 42.5 Å². The van der Waals surface area contributed by atoms with Crippen molar-refractivity contribution in [2.24, 2.45) is 0 Å². The zero-order valence-corrected chi connectivity index (χ0v) is 15.5. The van der Waals surface area contributed by atoms with Gasteiger partial charge in [0.05, 0.1) is 6.61 Å². The quantitative estimate of drug-likeness (QED) is 0.784. The van der Waals surface area contributed by atoms with Crippen molar-refractivity contribution in [2.75, 3.05) is 6.61 Å². The van der Waals surface area contributed by atoms with Crippen LogP contribution in [0, 0.1) is 13.8 Å². The van der Waals surface area contributed by atoms with Crippen LogP contribution in [-0.4, -0.2) is 18.6 Å². The summed E-state index contributed by atoms with van der Waals surface area (Å²) in [7, 11) is 0. The van der Waals surface area contributed by atoms with Crippen molar-refractivity contribution in [3.05, 3.63) is 59.2 Å². The fourth-order valence-corrected chi connectivity index (χ4v) is 2.48. The van der Waals surface area contributed by atoms with E-state index in [0.717, 1.165) is 28.2 Å². The highest BCUT2D eigenvalue weighted by Crippen LogP contribution is 2.21. The molecule has 2 aromatic carbocycles. The number of benzene rings is 2. The van der Waals surface area contributed by atoms with Gasteiger partial charge in [0, 0.05) is 6.54 Å². The van der Waals surface area contributed by atoms with Crippen LogP contribution in [-0.2, 0) is 11.3 Å². The molecule has 25 heavy (non-hydrogen) atoms. The summed E-state index contributed by atoms with van der Waals surface area (Å²) in [5, 5.41) is 2.95. The molecule has 0 saturated heterocycles. The van der Waals surface area contributed by atoms with Crippen molar-refractivity contribution in [3.8, 4) is 11.5 Å². The molecule has 4 nitrogen and oxygen atoms in total. The Morgan fingerprint density at radius 1 is 1.08 bits per heavy atom. The van der Waals surface area contributed by atoms with Gasteiger partial charge in [-0.15, -0.1) is 0 Å². The molecule has 134 valence electrons. The summed E-state index contributed by atoms with van der Waals surface area (Å²) in [6.45, 7) is 9.02. The number of nitrogens with one attached hydrogen (secondary N) is 1. The number of amides is 1. The second-order valence-electron chi connectivity index (χ2n) is 6.08. The van der Waals surface area contributed by atoms with Crippen molar-refractivity contribution in [3.63, 3.8) is 0 Å². The first-order chi connectivity index (χ1) is 12.0. The molecule has 0 aromatic heterocycles. The first kappa shape index (κ1) is 18.8. The van der Waals surface area contributed by atoms with Gasteiger partial charge in [0.25, 0.3) is 5.91 Å². The van der Waals surface area contributed by atoms with Gasteiger partial charge in [-0.05, 0) is 62.1 Å². The number of hydrogen-bond donors (Lipinski definition) is 1. The van der Waals surface area contributed by atoms with E-state index in [2.05, 4.69) is 5.32 Å². The smallest absolute Gasteiger partial charge is 0.261 e. The zero-order valence-electron chi connectivity index (χ0n) is 15.5. The monoisotopic (exact) mass is 341 g/mol. The van der Waals surface area contributed by atoms with Crippen LogP contribution in [0.2, 0.25) is 0 Å². The Hall–Kier alpha value is -2.49. The minimum absolute atomic E-state index is 0.0997. The Morgan fingerprint density at radius 2 is 1.80 bits per heavy atom. The number of rotatable bonds is 8. The van der Waals surface area contributed by atoms with E-state index in [1.54, 1.807) is 0 Å². The molecule has 1 N–H and O–H groups in total. The molecule has 4 heteroatoms. The molecular weight excluding hydrogens is 314 g/mol. The van der Waals surface area contributed by atoms with Gasteiger partial charge in [-0.3, -0.25) is 4.79 Å². The summed E-state index contributed by atoms with van der Waals surface area (Å²) in [5.74, 6) is 1.50. The molecule has 0 unspecified atom stereocenters. The molecule has 0 aliphatic rings. The molecule has 0 fully saturated rings. The van der Waals surface area contributed by atoms with Crippen molar-refractivity contribution in [1.29, 1.82) is 0 Å². The highest BCUT2D eigenvalue weighted by molar-refractivity contribution is 5.81. The third kappa shape index (κ3) is 5.52.